The van der Waals surface area contributed by atoms with Gasteiger partial charge in [0.2, 0.25) is 10.0 Å². The van der Waals surface area contributed by atoms with Crippen molar-refractivity contribution in [2.24, 2.45) is 0 Å². The van der Waals surface area contributed by atoms with Gasteiger partial charge in [0.05, 0.1) is 17.6 Å². The molecule has 1 saturated heterocycles. The number of hydrogen-bond acceptors (Lipinski definition) is 5. The van der Waals surface area contributed by atoms with Crippen LogP contribution >= 0.6 is 0 Å². The molecule has 9 heteroatoms. The van der Waals surface area contributed by atoms with E-state index in [-0.39, 0.29) is 32.1 Å². The molecule has 0 saturated carbocycles. The fourth-order valence-electron chi connectivity index (χ4n) is 4.52. The van der Waals surface area contributed by atoms with Crippen molar-refractivity contribution in [3.8, 4) is 0 Å². The molecule has 0 radical (unpaired) electrons. The first-order valence-corrected chi connectivity index (χ1v) is 11.9. The minimum atomic E-state index is -3.60. The lowest BCUT2D eigenvalue weighted by Crippen LogP contribution is -2.50. The highest BCUT2D eigenvalue weighted by molar-refractivity contribution is 7.89. The number of benzene rings is 1. The number of carbonyl (C=O) groups excluding carboxylic acids is 2. The van der Waals surface area contributed by atoms with Gasteiger partial charge in [-0.3, -0.25) is 4.79 Å². The van der Waals surface area contributed by atoms with E-state index in [2.05, 4.69) is 4.98 Å². The van der Waals surface area contributed by atoms with E-state index in [0.29, 0.717) is 27.4 Å². The summed E-state index contributed by atoms with van der Waals surface area (Å²) in [5, 5.41) is 0. The summed E-state index contributed by atoms with van der Waals surface area (Å²) in [6.45, 7) is 4.46. The minimum Gasteiger partial charge on any atom is -0.465 e. The Morgan fingerprint density at radius 2 is 1.71 bits per heavy atom. The maximum Gasteiger partial charge on any atom is 0.339 e. The number of methoxy groups -OCH3 is 1. The third-order valence-corrected chi connectivity index (χ3v) is 8.17. The van der Waals surface area contributed by atoms with Crippen LogP contribution in [0.4, 0.5) is 0 Å². The van der Waals surface area contributed by atoms with Crippen LogP contribution < -0.4 is 0 Å². The maximum atomic E-state index is 13.1. The van der Waals surface area contributed by atoms with E-state index in [0.717, 1.165) is 24.8 Å². The first kappa shape index (κ1) is 21.6. The van der Waals surface area contributed by atoms with Crippen molar-refractivity contribution in [2.45, 2.75) is 38.0 Å². The average Bonchev–Trinajstić information content (AvgIpc) is 3.36. The highest BCUT2D eigenvalue weighted by atomic mass is 32.2. The van der Waals surface area contributed by atoms with Crippen LogP contribution in [0.3, 0.4) is 0 Å². The molecule has 0 atom stereocenters. The Hall–Kier alpha value is -2.65. The first-order chi connectivity index (χ1) is 14.7. The van der Waals surface area contributed by atoms with Crippen LogP contribution in [0.2, 0.25) is 0 Å². The van der Waals surface area contributed by atoms with Crippen molar-refractivity contribution in [1.82, 2.24) is 14.2 Å². The van der Waals surface area contributed by atoms with Crippen LogP contribution in [0.15, 0.2) is 23.1 Å². The summed E-state index contributed by atoms with van der Waals surface area (Å²) in [4.78, 5) is 29.9. The number of aromatic amines is 1. The zero-order valence-corrected chi connectivity index (χ0v) is 18.8. The predicted octanol–water partition coefficient (Wildman–Crippen LogP) is 2.05. The lowest BCUT2D eigenvalue weighted by molar-refractivity contribution is 0.0599. The van der Waals surface area contributed by atoms with E-state index in [4.69, 9.17) is 4.74 Å². The molecule has 0 spiro atoms. The van der Waals surface area contributed by atoms with Crippen LogP contribution in [0.1, 0.15) is 49.7 Å². The molecule has 8 nitrogen and oxygen atoms in total. The molecule has 0 bridgehead atoms. The lowest BCUT2D eigenvalue weighted by Gasteiger charge is -2.34. The van der Waals surface area contributed by atoms with Gasteiger partial charge >= 0.3 is 5.97 Å². The Kier molecular flexibility index (Phi) is 5.65. The number of aromatic nitrogens is 1. The largest absolute Gasteiger partial charge is 0.465 e. The monoisotopic (exact) mass is 445 g/mol. The van der Waals surface area contributed by atoms with E-state index < -0.39 is 16.0 Å². The quantitative estimate of drug-likeness (QED) is 0.726. The van der Waals surface area contributed by atoms with Crippen LogP contribution in [-0.4, -0.2) is 67.8 Å². The first-order valence-electron chi connectivity index (χ1n) is 10.4. The van der Waals surface area contributed by atoms with Gasteiger partial charge in [-0.2, -0.15) is 4.31 Å². The lowest BCUT2D eigenvalue weighted by atomic mass is 10.1. The predicted molar refractivity (Wildman–Crippen MR) is 115 cm³/mol. The van der Waals surface area contributed by atoms with Crippen molar-refractivity contribution >= 4 is 21.9 Å². The summed E-state index contributed by atoms with van der Waals surface area (Å²) in [5.41, 5.74) is 4.18. The van der Waals surface area contributed by atoms with Gasteiger partial charge in [0, 0.05) is 31.9 Å². The Labute approximate surface area is 182 Å². The second-order valence-corrected chi connectivity index (χ2v) is 10.0. The Morgan fingerprint density at radius 3 is 2.39 bits per heavy atom. The standard InChI is InChI=1S/C22H27N3O5S/c1-14-19(22(27)30-3)15(2)23-20(14)21(26)24-9-11-25(12-10-24)31(28,29)18-8-7-16-5-4-6-17(16)13-18/h7-8,13,23H,4-6,9-12H2,1-3H3. The number of piperazine rings is 1. The molecule has 2 aliphatic rings. The van der Waals surface area contributed by atoms with E-state index >= 15 is 0 Å². The number of rotatable bonds is 4. The van der Waals surface area contributed by atoms with E-state index in [1.807, 2.05) is 6.07 Å². The summed E-state index contributed by atoms with van der Waals surface area (Å²) in [6.07, 6.45) is 2.99. The number of carbonyl (C=O) groups is 2. The summed E-state index contributed by atoms with van der Waals surface area (Å²) >= 11 is 0. The van der Waals surface area contributed by atoms with Crippen LogP contribution in [0.25, 0.3) is 0 Å². The highest BCUT2D eigenvalue weighted by Gasteiger charge is 2.33. The van der Waals surface area contributed by atoms with Crippen molar-refractivity contribution in [2.75, 3.05) is 33.3 Å². The van der Waals surface area contributed by atoms with Gasteiger partial charge in [0.1, 0.15) is 5.69 Å². The summed E-state index contributed by atoms with van der Waals surface area (Å²) < 4.78 is 32.5. The number of fused-ring (bicyclic) bond motifs is 1. The normalized spacial score (nSPS) is 16.9. The second-order valence-electron chi connectivity index (χ2n) is 8.10. The number of esters is 1. The number of aryl methyl sites for hydroxylation is 3. The number of sulfonamides is 1. The van der Waals surface area contributed by atoms with Crippen molar-refractivity contribution < 1.29 is 22.7 Å². The molecule has 1 aliphatic carbocycles. The molecule has 1 fully saturated rings. The van der Waals surface area contributed by atoms with E-state index in [1.54, 1.807) is 30.9 Å². The second kappa shape index (κ2) is 8.12. The molecule has 0 unspecified atom stereocenters. The summed E-state index contributed by atoms with van der Waals surface area (Å²) in [5.74, 6) is -0.735. The van der Waals surface area contributed by atoms with Crippen LogP contribution in [0.5, 0.6) is 0 Å². The number of ether oxygens (including phenoxy) is 1. The molecule has 2 heterocycles. The van der Waals surface area contributed by atoms with Crippen molar-refractivity contribution in [1.29, 1.82) is 0 Å². The summed E-state index contributed by atoms with van der Waals surface area (Å²) in [6, 6.07) is 5.41. The Morgan fingerprint density at radius 1 is 1.03 bits per heavy atom. The molecule has 31 heavy (non-hydrogen) atoms. The third kappa shape index (κ3) is 3.76. The fourth-order valence-corrected chi connectivity index (χ4v) is 5.99. The fraction of sp³-hybridized carbons (Fsp3) is 0.455. The summed E-state index contributed by atoms with van der Waals surface area (Å²) in [7, 11) is -2.29. The molecule has 1 aromatic carbocycles. The number of hydrogen-bond donors (Lipinski definition) is 1. The highest BCUT2D eigenvalue weighted by Crippen LogP contribution is 2.27. The molecule has 1 aliphatic heterocycles. The molecule has 1 N–H and O–H groups in total. The molecular formula is C22H27N3O5S. The SMILES string of the molecule is COC(=O)c1c(C)[nH]c(C(=O)N2CCN(S(=O)(=O)c3ccc4c(c3)CCC4)CC2)c1C. The zero-order valence-electron chi connectivity index (χ0n) is 18.0. The van der Waals surface area contributed by atoms with Gasteiger partial charge in [-0.15, -0.1) is 0 Å². The Bertz CT molecular complexity index is 1140. The number of nitrogens with zero attached hydrogens (tertiary/aromatic N) is 2. The Balaban J connectivity index is 1.47. The third-order valence-electron chi connectivity index (χ3n) is 6.27. The number of amides is 1. The zero-order chi connectivity index (χ0) is 22.3. The van der Waals surface area contributed by atoms with Crippen LogP contribution in [-0.2, 0) is 27.6 Å². The van der Waals surface area contributed by atoms with Crippen molar-refractivity contribution in [3.05, 3.63) is 51.8 Å². The van der Waals surface area contributed by atoms with Crippen LogP contribution in [0, 0.1) is 13.8 Å². The van der Waals surface area contributed by atoms with Gasteiger partial charge in [-0.25, -0.2) is 13.2 Å². The molecule has 4 rings (SSSR count). The molecule has 1 aromatic heterocycles. The van der Waals surface area contributed by atoms with Gasteiger partial charge in [0.25, 0.3) is 5.91 Å². The molecule has 2 aromatic rings. The van der Waals surface area contributed by atoms with Gasteiger partial charge in [0.15, 0.2) is 0 Å². The topological polar surface area (TPSA) is 99.8 Å². The smallest absolute Gasteiger partial charge is 0.339 e. The maximum absolute atomic E-state index is 13.1. The molecule has 1 amide bonds. The number of nitrogens with one attached hydrogen (secondary N) is 1. The van der Waals surface area contributed by atoms with Gasteiger partial charge in [-0.05, 0) is 61.9 Å². The molecule has 166 valence electrons. The van der Waals surface area contributed by atoms with Gasteiger partial charge in [-0.1, -0.05) is 6.07 Å². The average molecular weight is 446 g/mol. The molecular weight excluding hydrogens is 418 g/mol. The number of H-pyrrole nitrogens is 1. The van der Waals surface area contributed by atoms with E-state index in [9.17, 15) is 18.0 Å². The minimum absolute atomic E-state index is 0.230. The van der Waals surface area contributed by atoms with Crippen molar-refractivity contribution in [3.63, 3.8) is 0 Å². The van der Waals surface area contributed by atoms with Gasteiger partial charge < -0.3 is 14.6 Å². The van der Waals surface area contributed by atoms with E-state index in [1.165, 1.54) is 17.0 Å².